The smallest absolute Gasteiger partial charge is 0.106 e. The van der Waals surface area contributed by atoms with Crippen molar-refractivity contribution in [3.63, 3.8) is 0 Å². The molecule has 0 aromatic heterocycles. The van der Waals surface area contributed by atoms with Crippen molar-refractivity contribution in [2.75, 3.05) is 0 Å². The van der Waals surface area contributed by atoms with Crippen LogP contribution in [0.5, 0.6) is 0 Å². The first kappa shape index (κ1) is 3.87. The van der Waals surface area contributed by atoms with Crippen LogP contribution in [0.1, 0.15) is 12.8 Å². The highest BCUT2D eigenvalue weighted by Gasteiger charge is 2.47. The average Bonchev–Trinajstić information content (AvgIpc) is 2.18. The Labute approximate surface area is 42.1 Å². The summed E-state index contributed by atoms with van der Waals surface area (Å²) in [6.45, 7) is 0. The van der Waals surface area contributed by atoms with E-state index in [0.29, 0.717) is 0 Å². The van der Waals surface area contributed by atoms with Gasteiger partial charge in [0.15, 0.2) is 0 Å². The molecule has 2 atom stereocenters. The van der Waals surface area contributed by atoms with Gasteiger partial charge in [0, 0.05) is 0 Å². The maximum absolute atomic E-state index is 8.92. The van der Waals surface area contributed by atoms with Gasteiger partial charge in [-0.25, -0.2) is 0 Å². The zero-order valence-electron chi connectivity index (χ0n) is 4.00. The third kappa shape index (κ3) is 0.318. The first-order chi connectivity index (χ1) is 3.38. The molecule has 7 heavy (non-hydrogen) atoms. The molecule has 0 aromatic rings. The van der Waals surface area contributed by atoms with Crippen molar-refractivity contribution in [1.29, 1.82) is 0 Å². The lowest BCUT2D eigenvalue weighted by Gasteiger charge is -2.31. The predicted molar refractivity (Wildman–Crippen MR) is 23.9 cm³/mol. The van der Waals surface area contributed by atoms with Crippen LogP contribution in [0.2, 0.25) is 0 Å². The van der Waals surface area contributed by atoms with Crippen LogP contribution in [0, 0.1) is 0 Å². The molecule has 2 nitrogen and oxygen atoms in total. The molecule has 2 unspecified atom stereocenters. The molecule has 2 heterocycles. The molecular formula is C5H8O2. The lowest BCUT2D eigenvalue weighted by Crippen LogP contribution is -2.45. The molecule has 2 bridgehead atoms. The molecule has 3 rings (SSSR count). The van der Waals surface area contributed by atoms with Crippen LogP contribution >= 0.6 is 0 Å². The molecule has 1 N–H and O–H groups in total. The number of hydrogen-bond donors (Lipinski definition) is 1. The van der Waals surface area contributed by atoms with Crippen molar-refractivity contribution in [3.8, 4) is 0 Å². The fourth-order valence-electron chi connectivity index (χ4n) is 1.34. The summed E-state index contributed by atoms with van der Waals surface area (Å²) in [4.78, 5) is 0. The van der Waals surface area contributed by atoms with Gasteiger partial charge in [0.25, 0.3) is 0 Å². The van der Waals surface area contributed by atoms with E-state index in [0.717, 1.165) is 12.8 Å². The largest absolute Gasteiger partial charge is 0.388 e. The predicted octanol–water partition coefficient (Wildman–Crippen LogP) is -0.0915. The van der Waals surface area contributed by atoms with Gasteiger partial charge < -0.3 is 9.84 Å². The third-order valence-corrected chi connectivity index (χ3v) is 1.85. The highest BCUT2D eigenvalue weighted by atomic mass is 16.6. The summed E-state index contributed by atoms with van der Waals surface area (Å²) >= 11 is 0. The van der Waals surface area contributed by atoms with E-state index in [4.69, 9.17) is 9.84 Å². The SMILES string of the molecule is OC1C2CCC1O2. The Kier molecular flexibility index (Phi) is 0.557. The van der Waals surface area contributed by atoms with E-state index >= 15 is 0 Å². The molecule has 0 spiro atoms. The number of hydrogen-bond acceptors (Lipinski definition) is 2. The van der Waals surface area contributed by atoms with E-state index in [9.17, 15) is 0 Å². The van der Waals surface area contributed by atoms with Crippen LogP contribution in [-0.2, 0) is 4.74 Å². The van der Waals surface area contributed by atoms with Crippen molar-refractivity contribution in [2.45, 2.75) is 31.2 Å². The van der Waals surface area contributed by atoms with Gasteiger partial charge in [-0.1, -0.05) is 0 Å². The summed E-state index contributed by atoms with van der Waals surface area (Å²) in [6.07, 6.45) is 2.47. The average molecular weight is 100 g/mol. The van der Waals surface area contributed by atoms with E-state index in [1.165, 1.54) is 0 Å². The normalized spacial score (nSPS) is 57.0. The fourth-order valence-corrected chi connectivity index (χ4v) is 1.34. The first-order valence-corrected chi connectivity index (χ1v) is 2.71. The Hall–Kier alpha value is -0.0800. The minimum atomic E-state index is -0.111. The Balaban J connectivity index is 2.14. The van der Waals surface area contributed by atoms with Crippen molar-refractivity contribution in [3.05, 3.63) is 0 Å². The van der Waals surface area contributed by atoms with Crippen LogP contribution in [0.15, 0.2) is 0 Å². The molecule has 3 aliphatic rings. The first-order valence-electron chi connectivity index (χ1n) is 2.71. The van der Waals surface area contributed by atoms with E-state index < -0.39 is 0 Å². The van der Waals surface area contributed by atoms with Crippen molar-refractivity contribution in [1.82, 2.24) is 0 Å². The lowest BCUT2D eigenvalue weighted by molar-refractivity contribution is -0.175. The quantitative estimate of drug-likeness (QED) is 0.461. The third-order valence-electron chi connectivity index (χ3n) is 1.85. The van der Waals surface area contributed by atoms with Crippen LogP contribution < -0.4 is 0 Å². The van der Waals surface area contributed by atoms with Crippen molar-refractivity contribution < 1.29 is 9.84 Å². The van der Waals surface area contributed by atoms with Crippen molar-refractivity contribution in [2.24, 2.45) is 0 Å². The summed E-state index contributed by atoms with van der Waals surface area (Å²) < 4.78 is 5.11. The maximum Gasteiger partial charge on any atom is 0.106 e. The van der Waals surface area contributed by atoms with Gasteiger partial charge in [0.05, 0.1) is 12.2 Å². The monoisotopic (exact) mass is 100 g/mol. The zero-order valence-corrected chi connectivity index (χ0v) is 4.00. The van der Waals surface area contributed by atoms with Gasteiger partial charge in [0.2, 0.25) is 0 Å². The summed E-state index contributed by atoms with van der Waals surface area (Å²) in [6, 6.07) is 0. The topological polar surface area (TPSA) is 29.5 Å². The number of ether oxygens (including phenoxy) is 1. The molecule has 1 aliphatic carbocycles. The zero-order chi connectivity index (χ0) is 4.85. The van der Waals surface area contributed by atoms with Gasteiger partial charge in [0.1, 0.15) is 6.10 Å². The molecule has 0 amide bonds. The molecule has 2 heteroatoms. The number of aliphatic hydroxyl groups is 1. The Morgan fingerprint density at radius 2 is 1.86 bits per heavy atom. The second-order valence-electron chi connectivity index (χ2n) is 2.28. The molecule has 2 saturated heterocycles. The van der Waals surface area contributed by atoms with Gasteiger partial charge in [-0.3, -0.25) is 0 Å². The van der Waals surface area contributed by atoms with Crippen molar-refractivity contribution >= 4 is 0 Å². The van der Waals surface area contributed by atoms with Gasteiger partial charge in [-0.15, -0.1) is 0 Å². The molecule has 0 radical (unpaired) electrons. The maximum atomic E-state index is 8.92. The Morgan fingerprint density at radius 3 is 2.00 bits per heavy atom. The van der Waals surface area contributed by atoms with E-state index in [1.807, 2.05) is 0 Å². The van der Waals surface area contributed by atoms with Crippen LogP contribution in [0.4, 0.5) is 0 Å². The number of rotatable bonds is 0. The highest BCUT2D eigenvalue weighted by molar-refractivity contribution is 4.95. The minimum Gasteiger partial charge on any atom is -0.388 e. The van der Waals surface area contributed by atoms with E-state index in [-0.39, 0.29) is 18.3 Å². The second kappa shape index (κ2) is 1.01. The number of aliphatic hydroxyl groups excluding tert-OH is 1. The standard InChI is InChI=1S/C5H8O2/c6-5-3-1-2-4(5)7-3/h3-6H,1-2H2. The molecule has 0 aromatic carbocycles. The molecule has 1 saturated carbocycles. The van der Waals surface area contributed by atoms with Gasteiger partial charge in [-0.2, -0.15) is 0 Å². The summed E-state index contributed by atoms with van der Waals surface area (Å²) in [5, 5.41) is 8.92. The van der Waals surface area contributed by atoms with E-state index in [2.05, 4.69) is 0 Å². The van der Waals surface area contributed by atoms with Crippen LogP contribution in [0.25, 0.3) is 0 Å². The van der Waals surface area contributed by atoms with Crippen LogP contribution in [0.3, 0.4) is 0 Å². The van der Waals surface area contributed by atoms with Gasteiger partial charge >= 0.3 is 0 Å². The van der Waals surface area contributed by atoms with Gasteiger partial charge in [-0.05, 0) is 12.8 Å². The molecule has 2 aliphatic heterocycles. The Morgan fingerprint density at radius 1 is 1.29 bits per heavy atom. The lowest BCUT2D eigenvalue weighted by atomic mass is 10.1. The molecular weight excluding hydrogens is 92.1 g/mol. The Bertz CT molecular complexity index is 78.1. The number of fused-ring (bicyclic) bond motifs is 1. The fraction of sp³-hybridized carbons (Fsp3) is 1.00. The minimum absolute atomic E-state index is 0.111. The summed E-state index contributed by atoms with van der Waals surface area (Å²) in [7, 11) is 0. The summed E-state index contributed by atoms with van der Waals surface area (Å²) in [5.41, 5.74) is 0. The van der Waals surface area contributed by atoms with Crippen LogP contribution in [-0.4, -0.2) is 23.4 Å². The van der Waals surface area contributed by atoms with E-state index in [1.54, 1.807) is 0 Å². The molecule has 40 valence electrons. The second-order valence-corrected chi connectivity index (χ2v) is 2.28. The highest BCUT2D eigenvalue weighted by Crippen LogP contribution is 2.36. The molecule has 3 fully saturated rings. The summed E-state index contributed by atoms with van der Waals surface area (Å²) in [5.74, 6) is 0.